The average Bonchev–Trinajstić information content (AvgIpc) is 2.75. The number of nitrogens with zero attached hydrogens (tertiary/aromatic N) is 1. The maximum absolute atomic E-state index is 12.9. The van der Waals surface area contributed by atoms with E-state index in [1.54, 1.807) is 36.4 Å². The van der Waals surface area contributed by atoms with Gasteiger partial charge in [0.15, 0.2) is 0 Å². The van der Waals surface area contributed by atoms with Crippen molar-refractivity contribution in [3.63, 3.8) is 0 Å². The van der Waals surface area contributed by atoms with E-state index in [-0.39, 0.29) is 17.7 Å². The lowest BCUT2D eigenvalue weighted by Crippen LogP contribution is -2.40. The van der Waals surface area contributed by atoms with Crippen LogP contribution in [0.5, 0.6) is 0 Å². The highest BCUT2D eigenvalue weighted by Crippen LogP contribution is 2.25. The van der Waals surface area contributed by atoms with E-state index in [0.29, 0.717) is 40.9 Å². The minimum absolute atomic E-state index is 0.0715. The first-order valence-electron chi connectivity index (χ1n) is 9.93. The lowest BCUT2D eigenvalue weighted by molar-refractivity contribution is -0.121. The number of amides is 2. The van der Waals surface area contributed by atoms with Crippen molar-refractivity contribution in [2.45, 2.75) is 19.4 Å². The molecule has 3 rings (SSSR count). The second-order valence-electron chi connectivity index (χ2n) is 7.36. The highest BCUT2D eigenvalue weighted by molar-refractivity contribution is 6.42. The Kier molecular flexibility index (Phi) is 7.91. The second-order valence-corrected chi connectivity index (χ2v) is 8.17. The van der Waals surface area contributed by atoms with E-state index in [4.69, 9.17) is 23.2 Å². The zero-order valence-electron chi connectivity index (χ0n) is 16.7. The van der Waals surface area contributed by atoms with Gasteiger partial charge in [0.05, 0.1) is 27.2 Å². The average molecular weight is 446 g/mol. The van der Waals surface area contributed by atoms with Crippen molar-refractivity contribution in [3.05, 3.63) is 76.3 Å². The third kappa shape index (κ3) is 5.85. The fraction of sp³-hybridized carbons (Fsp3) is 0.304. The number of piperidine rings is 1. The summed E-state index contributed by atoms with van der Waals surface area (Å²) in [7, 11) is 0. The minimum atomic E-state index is -0.240. The number of nitrogens with one attached hydrogen (secondary N) is 2. The fourth-order valence-electron chi connectivity index (χ4n) is 3.59. The predicted octanol–water partition coefficient (Wildman–Crippen LogP) is 4.76. The van der Waals surface area contributed by atoms with Crippen LogP contribution in [0.2, 0.25) is 10.0 Å². The summed E-state index contributed by atoms with van der Waals surface area (Å²) in [6, 6.07) is 12.6. The number of carbonyl (C=O) groups is 2. The molecule has 1 aliphatic rings. The SMILES string of the molecule is C=CCNC(=O)c1ccccc1NC(=O)C1CCCN(Cc2ccc(Cl)c(Cl)c2)C1. The molecule has 0 bridgehead atoms. The van der Waals surface area contributed by atoms with Crippen LogP contribution in [-0.2, 0) is 11.3 Å². The van der Waals surface area contributed by atoms with Gasteiger partial charge in [0.2, 0.25) is 5.91 Å². The van der Waals surface area contributed by atoms with Crippen molar-refractivity contribution < 1.29 is 9.59 Å². The third-order valence-corrected chi connectivity index (χ3v) is 5.84. The number of rotatable bonds is 7. The number of para-hydroxylation sites is 1. The van der Waals surface area contributed by atoms with E-state index < -0.39 is 0 Å². The predicted molar refractivity (Wildman–Crippen MR) is 122 cm³/mol. The number of carbonyl (C=O) groups excluding carboxylic acids is 2. The van der Waals surface area contributed by atoms with Gasteiger partial charge in [-0.1, -0.05) is 47.5 Å². The van der Waals surface area contributed by atoms with Gasteiger partial charge in [0.25, 0.3) is 5.91 Å². The van der Waals surface area contributed by atoms with Crippen molar-refractivity contribution in [2.75, 3.05) is 25.0 Å². The summed E-state index contributed by atoms with van der Waals surface area (Å²) in [6.45, 7) is 6.25. The van der Waals surface area contributed by atoms with Crippen LogP contribution in [0.3, 0.4) is 0 Å². The maximum atomic E-state index is 12.9. The first-order chi connectivity index (χ1) is 14.5. The smallest absolute Gasteiger partial charge is 0.253 e. The molecule has 2 aromatic carbocycles. The molecule has 1 saturated heterocycles. The van der Waals surface area contributed by atoms with Crippen LogP contribution in [0, 0.1) is 5.92 Å². The monoisotopic (exact) mass is 445 g/mol. The molecule has 0 aromatic heterocycles. The van der Waals surface area contributed by atoms with Crippen LogP contribution in [0.25, 0.3) is 0 Å². The first kappa shape index (κ1) is 22.3. The van der Waals surface area contributed by atoms with Gasteiger partial charge >= 0.3 is 0 Å². The molecule has 158 valence electrons. The number of hydrogen-bond acceptors (Lipinski definition) is 3. The Balaban J connectivity index is 1.64. The van der Waals surface area contributed by atoms with Gasteiger partial charge in [-0.25, -0.2) is 0 Å². The van der Waals surface area contributed by atoms with Gasteiger partial charge in [-0.15, -0.1) is 6.58 Å². The van der Waals surface area contributed by atoms with Crippen molar-refractivity contribution in [3.8, 4) is 0 Å². The summed E-state index contributed by atoms with van der Waals surface area (Å²) in [5, 5.41) is 6.76. The number of anilines is 1. The molecular formula is C23H25Cl2N3O2. The molecule has 0 aliphatic carbocycles. The van der Waals surface area contributed by atoms with Gasteiger partial charge in [-0.3, -0.25) is 14.5 Å². The normalized spacial score (nSPS) is 16.7. The summed E-state index contributed by atoms with van der Waals surface area (Å²) in [5.74, 6) is -0.459. The summed E-state index contributed by atoms with van der Waals surface area (Å²) < 4.78 is 0. The molecule has 1 atom stereocenters. The van der Waals surface area contributed by atoms with E-state index in [2.05, 4.69) is 22.1 Å². The molecule has 30 heavy (non-hydrogen) atoms. The molecule has 2 N–H and O–H groups in total. The maximum Gasteiger partial charge on any atom is 0.253 e. The van der Waals surface area contributed by atoms with Gasteiger partial charge < -0.3 is 10.6 Å². The van der Waals surface area contributed by atoms with Crippen LogP contribution >= 0.6 is 23.2 Å². The molecule has 0 radical (unpaired) electrons. The van der Waals surface area contributed by atoms with Crippen LogP contribution in [0.15, 0.2) is 55.1 Å². The molecule has 1 unspecified atom stereocenters. The van der Waals surface area contributed by atoms with E-state index >= 15 is 0 Å². The second kappa shape index (κ2) is 10.6. The Bertz CT molecular complexity index is 932. The standard InChI is InChI=1S/C23H25Cl2N3O2/c1-2-11-26-23(30)18-7-3-4-8-21(18)27-22(29)17-6-5-12-28(15-17)14-16-9-10-19(24)20(25)13-16/h2-4,7-10,13,17H,1,5-6,11-12,14-15H2,(H,26,30)(H,27,29). The molecule has 1 fully saturated rings. The topological polar surface area (TPSA) is 61.4 Å². The molecule has 5 nitrogen and oxygen atoms in total. The van der Waals surface area contributed by atoms with Gasteiger partial charge in [0, 0.05) is 19.6 Å². The molecule has 7 heteroatoms. The summed E-state index contributed by atoms with van der Waals surface area (Å²) in [6.07, 6.45) is 3.36. The molecule has 2 aromatic rings. The zero-order valence-corrected chi connectivity index (χ0v) is 18.2. The van der Waals surface area contributed by atoms with Gasteiger partial charge in [0.1, 0.15) is 0 Å². The molecule has 2 amide bonds. The molecule has 0 spiro atoms. The van der Waals surface area contributed by atoms with Crippen molar-refractivity contribution in [2.24, 2.45) is 5.92 Å². The zero-order chi connectivity index (χ0) is 21.5. The van der Waals surface area contributed by atoms with Crippen molar-refractivity contribution in [1.82, 2.24) is 10.2 Å². The van der Waals surface area contributed by atoms with E-state index in [1.165, 1.54) is 0 Å². The van der Waals surface area contributed by atoms with Crippen molar-refractivity contribution in [1.29, 1.82) is 0 Å². The number of benzene rings is 2. The van der Waals surface area contributed by atoms with Crippen LogP contribution in [0.4, 0.5) is 5.69 Å². The summed E-state index contributed by atoms with van der Waals surface area (Å²) >= 11 is 12.1. The van der Waals surface area contributed by atoms with E-state index in [0.717, 1.165) is 24.9 Å². The third-order valence-electron chi connectivity index (χ3n) is 5.10. The molecule has 1 aliphatic heterocycles. The Morgan fingerprint density at radius 1 is 1.17 bits per heavy atom. The summed E-state index contributed by atoms with van der Waals surface area (Å²) in [4.78, 5) is 27.5. The number of hydrogen-bond donors (Lipinski definition) is 2. The Morgan fingerprint density at radius 2 is 1.97 bits per heavy atom. The highest BCUT2D eigenvalue weighted by Gasteiger charge is 2.26. The Labute approximate surface area is 187 Å². The molecular weight excluding hydrogens is 421 g/mol. The summed E-state index contributed by atoms with van der Waals surface area (Å²) in [5.41, 5.74) is 2.02. The van der Waals surface area contributed by atoms with Crippen LogP contribution < -0.4 is 10.6 Å². The van der Waals surface area contributed by atoms with Gasteiger partial charge in [-0.2, -0.15) is 0 Å². The number of likely N-dealkylation sites (tertiary alicyclic amines) is 1. The molecule has 1 heterocycles. The van der Waals surface area contributed by atoms with Gasteiger partial charge in [-0.05, 0) is 49.2 Å². The number of halogens is 2. The minimum Gasteiger partial charge on any atom is -0.349 e. The van der Waals surface area contributed by atoms with Crippen molar-refractivity contribution >= 4 is 40.7 Å². The Hall–Kier alpha value is -2.34. The van der Waals surface area contributed by atoms with Crippen LogP contribution in [-0.4, -0.2) is 36.3 Å². The van der Waals surface area contributed by atoms with Crippen LogP contribution in [0.1, 0.15) is 28.8 Å². The van der Waals surface area contributed by atoms with E-state index in [1.807, 2.05) is 12.1 Å². The largest absolute Gasteiger partial charge is 0.349 e. The first-order valence-corrected chi connectivity index (χ1v) is 10.7. The van der Waals surface area contributed by atoms with E-state index in [9.17, 15) is 9.59 Å². The Morgan fingerprint density at radius 3 is 2.73 bits per heavy atom. The molecule has 0 saturated carbocycles. The highest BCUT2D eigenvalue weighted by atomic mass is 35.5. The lowest BCUT2D eigenvalue weighted by atomic mass is 9.96. The fourth-order valence-corrected chi connectivity index (χ4v) is 3.92. The quantitative estimate of drug-likeness (QED) is 0.603. The lowest BCUT2D eigenvalue weighted by Gasteiger charge is -2.32.